The lowest BCUT2D eigenvalue weighted by atomic mass is 10.1. The van der Waals surface area contributed by atoms with Crippen LogP contribution in [0.2, 0.25) is 0 Å². The van der Waals surface area contributed by atoms with Crippen LogP contribution in [0.15, 0.2) is 12.1 Å². The second-order valence-corrected chi connectivity index (χ2v) is 6.77. The summed E-state index contributed by atoms with van der Waals surface area (Å²) in [6.07, 6.45) is 1.39. The summed E-state index contributed by atoms with van der Waals surface area (Å²) in [5.41, 5.74) is 0.390. The van der Waals surface area contributed by atoms with Crippen LogP contribution >= 0.6 is 0 Å². The van der Waals surface area contributed by atoms with Crippen LogP contribution < -0.4 is 9.47 Å². The minimum absolute atomic E-state index is 0.0835. The van der Waals surface area contributed by atoms with Gasteiger partial charge in [-0.1, -0.05) is 0 Å². The minimum Gasteiger partial charge on any atom is -0.490 e. The number of rotatable bonds is 3. The van der Waals surface area contributed by atoms with Gasteiger partial charge in [0.05, 0.1) is 7.11 Å². The van der Waals surface area contributed by atoms with Crippen LogP contribution in [-0.4, -0.2) is 47.9 Å². The molecule has 1 fully saturated rings. The van der Waals surface area contributed by atoms with E-state index in [0.29, 0.717) is 19.0 Å². The predicted octanol–water partition coefficient (Wildman–Crippen LogP) is 3.18. The average molecular weight is 322 g/mol. The fourth-order valence-electron chi connectivity index (χ4n) is 2.46. The monoisotopic (exact) mass is 322 g/mol. The first kappa shape index (κ1) is 17.4. The number of hydrogen-bond acceptors (Lipinski definition) is 5. The van der Waals surface area contributed by atoms with Crippen molar-refractivity contribution in [1.82, 2.24) is 9.88 Å². The molecule has 1 amide bonds. The number of amides is 1. The van der Waals surface area contributed by atoms with Gasteiger partial charge in [0.2, 0.25) is 5.88 Å². The average Bonchev–Trinajstić information content (AvgIpc) is 2.45. The molecule has 23 heavy (non-hydrogen) atoms. The van der Waals surface area contributed by atoms with Gasteiger partial charge < -0.3 is 19.1 Å². The maximum Gasteiger partial charge on any atom is 0.410 e. The summed E-state index contributed by atoms with van der Waals surface area (Å²) in [4.78, 5) is 18.0. The molecule has 1 aliphatic rings. The van der Waals surface area contributed by atoms with E-state index in [1.807, 2.05) is 33.8 Å². The zero-order chi connectivity index (χ0) is 17.0. The predicted molar refractivity (Wildman–Crippen MR) is 87.0 cm³/mol. The maximum atomic E-state index is 12.0. The molecule has 6 nitrogen and oxygen atoms in total. The van der Waals surface area contributed by atoms with E-state index < -0.39 is 5.60 Å². The topological polar surface area (TPSA) is 60.9 Å². The molecule has 0 aliphatic carbocycles. The lowest BCUT2D eigenvalue weighted by Gasteiger charge is -2.33. The fraction of sp³-hybridized carbons (Fsp3) is 0.647. The summed E-state index contributed by atoms with van der Waals surface area (Å²) in [6, 6.07) is 3.68. The molecule has 1 aromatic heterocycles. The third-order valence-corrected chi connectivity index (χ3v) is 3.51. The molecule has 6 heteroatoms. The van der Waals surface area contributed by atoms with Crippen LogP contribution in [0.4, 0.5) is 4.79 Å². The highest BCUT2D eigenvalue weighted by molar-refractivity contribution is 5.68. The molecule has 1 aromatic rings. The molecule has 0 bridgehead atoms. The van der Waals surface area contributed by atoms with Gasteiger partial charge in [-0.3, -0.25) is 0 Å². The van der Waals surface area contributed by atoms with Crippen molar-refractivity contribution in [2.24, 2.45) is 0 Å². The summed E-state index contributed by atoms with van der Waals surface area (Å²) in [6.45, 7) is 8.81. The highest BCUT2D eigenvalue weighted by Crippen LogP contribution is 2.24. The number of pyridine rings is 1. The normalized spacial score (nSPS) is 16.1. The molecule has 2 rings (SSSR count). The number of aryl methyl sites for hydroxylation is 1. The number of methoxy groups -OCH3 is 1. The van der Waals surface area contributed by atoms with E-state index in [0.717, 1.165) is 24.3 Å². The second kappa shape index (κ2) is 7.06. The van der Waals surface area contributed by atoms with Crippen molar-refractivity contribution in [2.75, 3.05) is 20.2 Å². The Morgan fingerprint density at radius 1 is 1.26 bits per heavy atom. The van der Waals surface area contributed by atoms with Crippen LogP contribution in [0.25, 0.3) is 0 Å². The van der Waals surface area contributed by atoms with Gasteiger partial charge in [-0.2, -0.15) is 0 Å². The van der Waals surface area contributed by atoms with Gasteiger partial charge in [-0.05, 0) is 27.7 Å². The summed E-state index contributed by atoms with van der Waals surface area (Å²) < 4.78 is 16.6. The van der Waals surface area contributed by atoms with Crippen molar-refractivity contribution in [1.29, 1.82) is 0 Å². The number of hydrogen-bond donors (Lipinski definition) is 0. The smallest absolute Gasteiger partial charge is 0.410 e. The molecule has 1 saturated heterocycles. The number of likely N-dealkylation sites (tertiary alicyclic amines) is 1. The third kappa shape index (κ3) is 5.30. The quantitative estimate of drug-likeness (QED) is 0.855. The first-order valence-corrected chi connectivity index (χ1v) is 7.94. The Labute approximate surface area is 137 Å². The van der Waals surface area contributed by atoms with Crippen LogP contribution in [0, 0.1) is 6.92 Å². The van der Waals surface area contributed by atoms with E-state index in [4.69, 9.17) is 14.2 Å². The molecule has 128 valence electrons. The molecule has 0 aromatic carbocycles. The zero-order valence-electron chi connectivity index (χ0n) is 14.6. The van der Waals surface area contributed by atoms with E-state index in [9.17, 15) is 4.79 Å². The number of aromatic nitrogens is 1. The molecule has 0 radical (unpaired) electrons. The van der Waals surface area contributed by atoms with Crippen molar-refractivity contribution < 1.29 is 19.0 Å². The van der Waals surface area contributed by atoms with Crippen molar-refractivity contribution in [3.05, 3.63) is 17.8 Å². The van der Waals surface area contributed by atoms with E-state index in [-0.39, 0.29) is 12.2 Å². The first-order valence-electron chi connectivity index (χ1n) is 7.94. The standard InChI is InChI=1S/C17H26N2O4/c1-12-10-14(11-15(18-12)21-5)22-13-6-8-19(9-7-13)16(20)23-17(2,3)4/h10-11,13H,6-9H2,1-5H3. The molecule has 0 saturated carbocycles. The Bertz CT molecular complexity index is 546. The highest BCUT2D eigenvalue weighted by Gasteiger charge is 2.27. The Morgan fingerprint density at radius 2 is 1.91 bits per heavy atom. The molecule has 0 spiro atoms. The van der Waals surface area contributed by atoms with Crippen LogP contribution in [0.3, 0.4) is 0 Å². The van der Waals surface area contributed by atoms with Gasteiger partial charge in [0, 0.05) is 43.8 Å². The lowest BCUT2D eigenvalue weighted by Crippen LogP contribution is -2.44. The van der Waals surface area contributed by atoms with Crippen LogP contribution in [0.5, 0.6) is 11.6 Å². The van der Waals surface area contributed by atoms with Crippen molar-refractivity contribution >= 4 is 6.09 Å². The largest absolute Gasteiger partial charge is 0.490 e. The van der Waals surface area contributed by atoms with E-state index in [2.05, 4.69) is 4.98 Å². The molecule has 1 aliphatic heterocycles. The van der Waals surface area contributed by atoms with Crippen molar-refractivity contribution in [2.45, 2.75) is 52.2 Å². The Hall–Kier alpha value is -1.98. The first-order chi connectivity index (χ1) is 10.8. The third-order valence-electron chi connectivity index (χ3n) is 3.51. The van der Waals surface area contributed by atoms with Gasteiger partial charge in [0.15, 0.2) is 0 Å². The lowest BCUT2D eigenvalue weighted by molar-refractivity contribution is 0.0126. The maximum absolute atomic E-state index is 12.0. The number of piperidine rings is 1. The summed E-state index contributed by atoms with van der Waals surface area (Å²) in [7, 11) is 1.59. The second-order valence-electron chi connectivity index (χ2n) is 6.77. The summed E-state index contributed by atoms with van der Waals surface area (Å²) in [5.74, 6) is 1.30. The molecular weight excluding hydrogens is 296 g/mol. The Balaban J connectivity index is 1.87. The number of carbonyl (C=O) groups is 1. The molecule has 0 atom stereocenters. The summed E-state index contributed by atoms with van der Waals surface area (Å²) >= 11 is 0. The molecule has 2 heterocycles. The van der Waals surface area contributed by atoms with Gasteiger partial charge in [-0.25, -0.2) is 9.78 Å². The van der Waals surface area contributed by atoms with Gasteiger partial charge in [0.1, 0.15) is 17.5 Å². The number of carbonyl (C=O) groups excluding carboxylic acids is 1. The van der Waals surface area contributed by atoms with E-state index >= 15 is 0 Å². The zero-order valence-corrected chi connectivity index (χ0v) is 14.6. The Kier molecular flexibility index (Phi) is 5.34. The highest BCUT2D eigenvalue weighted by atomic mass is 16.6. The fourth-order valence-corrected chi connectivity index (χ4v) is 2.46. The van der Waals surface area contributed by atoms with Gasteiger partial charge in [-0.15, -0.1) is 0 Å². The van der Waals surface area contributed by atoms with Gasteiger partial charge >= 0.3 is 6.09 Å². The molecule has 0 N–H and O–H groups in total. The minimum atomic E-state index is -0.463. The van der Waals surface area contributed by atoms with Crippen molar-refractivity contribution in [3.8, 4) is 11.6 Å². The van der Waals surface area contributed by atoms with E-state index in [1.54, 1.807) is 18.1 Å². The molecular formula is C17H26N2O4. The Morgan fingerprint density at radius 3 is 2.48 bits per heavy atom. The van der Waals surface area contributed by atoms with E-state index in [1.165, 1.54) is 0 Å². The number of ether oxygens (including phenoxy) is 3. The van der Waals surface area contributed by atoms with Crippen LogP contribution in [0.1, 0.15) is 39.3 Å². The van der Waals surface area contributed by atoms with Crippen molar-refractivity contribution in [3.63, 3.8) is 0 Å². The summed E-state index contributed by atoms with van der Waals surface area (Å²) in [5, 5.41) is 0. The van der Waals surface area contributed by atoms with Crippen LogP contribution in [-0.2, 0) is 4.74 Å². The SMILES string of the molecule is COc1cc(OC2CCN(C(=O)OC(C)(C)C)CC2)cc(C)n1. The molecule has 0 unspecified atom stereocenters. The van der Waals surface area contributed by atoms with Gasteiger partial charge in [0.25, 0.3) is 0 Å². The number of nitrogens with zero attached hydrogens (tertiary/aromatic N) is 2.